The molecule has 30 heavy (non-hydrogen) atoms. The van der Waals surface area contributed by atoms with Crippen LogP contribution < -0.4 is 0 Å². The maximum absolute atomic E-state index is 4.90. The van der Waals surface area contributed by atoms with Crippen LogP contribution in [0.3, 0.4) is 0 Å². The van der Waals surface area contributed by atoms with Gasteiger partial charge in [-0.1, -0.05) is 111 Å². The van der Waals surface area contributed by atoms with E-state index in [1.807, 2.05) is 61.6 Å². The zero-order chi connectivity index (χ0) is 22.4. The summed E-state index contributed by atoms with van der Waals surface area (Å²) in [6, 6.07) is 0. The average molecular weight is 412 g/mol. The number of aromatic amines is 1. The number of aromatic nitrogens is 2. The standard InChI is InChI=1S/C26H29BN2S/c1-7-12-14-17-21(10-4)24-25(23(15-9-3)16-13-8-2)29-26(28-24)22(11-5)19-18-20(6)27-30/h7-19,27,30H,1-4,6H2,5H3,(H,28,29)/b14-12-,16-13-,19-18-,21-17+,22-11+,23-15+. The Kier molecular flexibility index (Phi) is 11.5. The first kappa shape index (κ1) is 24.8. The van der Waals surface area contributed by atoms with Gasteiger partial charge in [0, 0.05) is 11.1 Å². The van der Waals surface area contributed by atoms with Crippen molar-refractivity contribution < 1.29 is 0 Å². The van der Waals surface area contributed by atoms with Crippen LogP contribution in [-0.2, 0) is 0 Å². The van der Waals surface area contributed by atoms with Gasteiger partial charge in [-0.05, 0) is 12.5 Å². The van der Waals surface area contributed by atoms with E-state index in [1.165, 1.54) is 0 Å². The van der Waals surface area contributed by atoms with Gasteiger partial charge in [-0.2, -0.15) is 0 Å². The SMILES string of the molecule is C=C/C=C\C=C(/C=C)c1[nH]c(C(/C=C\C(=C)BS)=C/C)nc1C(/C=C\C=C)=C/C=C. The molecule has 1 rings (SSSR count). The molecule has 0 fully saturated rings. The number of hydrogen-bond acceptors (Lipinski definition) is 2. The van der Waals surface area contributed by atoms with Crippen molar-refractivity contribution in [2.45, 2.75) is 6.92 Å². The summed E-state index contributed by atoms with van der Waals surface area (Å²) in [5.74, 6) is 0.744. The summed E-state index contributed by atoms with van der Waals surface area (Å²) in [5.41, 5.74) is 5.33. The summed E-state index contributed by atoms with van der Waals surface area (Å²) >= 11 is 4.26. The van der Waals surface area contributed by atoms with Gasteiger partial charge in [-0.25, -0.2) is 17.5 Å². The lowest BCUT2D eigenvalue weighted by Gasteiger charge is -2.04. The molecule has 4 heteroatoms. The van der Waals surface area contributed by atoms with Crippen LogP contribution in [0.5, 0.6) is 0 Å². The van der Waals surface area contributed by atoms with Gasteiger partial charge in [0.15, 0.2) is 0 Å². The molecule has 0 unspecified atom stereocenters. The molecule has 0 amide bonds. The van der Waals surface area contributed by atoms with Gasteiger partial charge < -0.3 is 4.98 Å². The fraction of sp³-hybridized carbons (Fsp3) is 0.0385. The van der Waals surface area contributed by atoms with Crippen molar-refractivity contribution in [3.8, 4) is 0 Å². The monoisotopic (exact) mass is 412 g/mol. The van der Waals surface area contributed by atoms with E-state index in [2.05, 4.69) is 50.4 Å². The molecule has 0 aromatic carbocycles. The Balaban J connectivity index is 3.71. The molecule has 1 N–H and O–H groups in total. The van der Waals surface area contributed by atoms with E-state index in [0.29, 0.717) is 6.56 Å². The number of hydrogen-bond donors (Lipinski definition) is 2. The van der Waals surface area contributed by atoms with Crippen LogP contribution in [0.4, 0.5) is 0 Å². The van der Waals surface area contributed by atoms with Gasteiger partial charge in [0.05, 0.1) is 11.4 Å². The second-order valence-corrected chi connectivity index (χ2v) is 6.42. The smallest absolute Gasteiger partial charge is 0.219 e. The Bertz CT molecular complexity index is 979. The second kappa shape index (κ2) is 13.9. The molecule has 152 valence electrons. The predicted molar refractivity (Wildman–Crippen MR) is 142 cm³/mol. The van der Waals surface area contributed by atoms with Crippen molar-refractivity contribution in [1.82, 2.24) is 9.97 Å². The van der Waals surface area contributed by atoms with Crippen LogP contribution in [0.15, 0.2) is 117 Å². The van der Waals surface area contributed by atoms with Crippen molar-refractivity contribution in [2.24, 2.45) is 0 Å². The minimum Gasteiger partial charge on any atom is -0.337 e. The van der Waals surface area contributed by atoms with E-state index < -0.39 is 0 Å². The van der Waals surface area contributed by atoms with E-state index in [4.69, 9.17) is 4.98 Å². The summed E-state index contributed by atoms with van der Waals surface area (Å²) in [5, 5.41) is 0. The molecule has 0 atom stereocenters. The second-order valence-electron chi connectivity index (χ2n) is 6.10. The van der Waals surface area contributed by atoms with E-state index >= 15 is 0 Å². The quantitative estimate of drug-likeness (QED) is 0.221. The summed E-state index contributed by atoms with van der Waals surface area (Å²) in [6.07, 6.45) is 24.4. The predicted octanol–water partition coefficient (Wildman–Crippen LogP) is 6.79. The molecule has 0 aliphatic carbocycles. The Morgan fingerprint density at radius 3 is 2.20 bits per heavy atom. The first-order valence-corrected chi connectivity index (χ1v) is 10.2. The van der Waals surface area contributed by atoms with Crippen LogP contribution in [0.2, 0.25) is 0 Å². The highest BCUT2D eigenvalue weighted by Gasteiger charge is 2.16. The Morgan fingerprint density at radius 1 is 0.900 bits per heavy atom. The molecule has 0 saturated carbocycles. The molecule has 0 saturated heterocycles. The van der Waals surface area contributed by atoms with Crippen LogP contribution in [-0.4, -0.2) is 16.5 Å². The minimum absolute atomic E-state index is 0.597. The maximum Gasteiger partial charge on any atom is 0.219 e. The number of nitrogens with zero attached hydrogens (tertiary/aromatic N) is 1. The highest BCUT2D eigenvalue weighted by Crippen LogP contribution is 2.28. The lowest BCUT2D eigenvalue weighted by Crippen LogP contribution is -1.90. The third-order valence-electron chi connectivity index (χ3n) is 4.00. The molecule has 0 bridgehead atoms. The molecular weight excluding hydrogens is 383 g/mol. The third-order valence-corrected chi connectivity index (χ3v) is 4.41. The van der Waals surface area contributed by atoms with Gasteiger partial charge in [-0.15, -0.1) is 6.58 Å². The van der Waals surface area contributed by atoms with Gasteiger partial charge >= 0.3 is 0 Å². The van der Waals surface area contributed by atoms with Gasteiger partial charge in [-0.3, -0.25) is 0 Å². The van der Waals surface area contributed by atoms with Crippen molar-refractivity contribution in [1.29, 1.82) is 0 Å². The molecule has 1 heterocycles. The van der Waals surface area contributed by atoms with Gasteiger partial charge in [0.2, 0.25) is 6.56 Å². The minimum atomic E-state index is 0.597. The number of allylic oxidation sites excluding steroid dienone is 17. The van der Waals surface area contributed by atoms with Crippen molar-refractivity contribution in [3.63, 3.8) is 0 Å². The number of thiol groups is 1. The molecule has 1 aromatic rings. The molecule has 2 nitrogen and oxygen atoms in total. The highest BCUT2D eigenvalue weighted by molar-refractivity contribution is 8.07. The summed E-state index contributed by atoms with van der Waals surface area (Å²) < 4.78 is 0. The highest BCUT2D eigenvalue weighted by atomic mass is 32.1. The summed E-state index contributed by atoms with van der Waals surface area (Å²) in [4.78, 5) is 8.35. The fourth-order valence-corrected chi connectivity index (χ4v) is 2.61. The molecule has 0 aliphatic heterocycles. The zero-order valence-corrected chi connectivity index (χ0v) is 18.5. The third kappa shape index (κ3) is 7.30. The fourth-order valence-electron chi connectivity index (χ4n) is 2.50. The van der Waals surface area contributed by atoms with Crippen LogP contribution in [0.25, 0.3) is 16.7 Å². The lowest BCUT2D eigenvalue weighted by molar-refractivity contribution is 1.23. The van der Waals surface area contributed by atoms with Crippen molar-refractivity contribution in [3.05, 3.63) is 135 Å². The van der Waals surface area contributed by atoms with E-state index in [-0.39, 0.29) is 0 Å². The lowest BCUT2D eigenvalue weighted by atomic mass is 9.95. The van der Waals surface area contributed by atoms with E-state index in [9.17, 15) is 0 Å². The number of rotatable bonds is 12. The van der Waals surface area contributed by atoms with Gasteiger partial charge in [0.25, 0.3) is 0 Å². The number of imidazole rings is 1. The van der Waals surface area contributed by atoms with E-state index in [1.54, 1.807) is 24.3 Å². The maximum atomic E-state index is 4.90. The molecule has 1 aromatic heterocycles. The molecule has 0 spiro atoms. The first-order valence-electron chi connectivity index (χ1n) is 9.53. The zero-order valence-electron chi connectivity index (χ0n) is 17.6. The van der Waals surface area contributed by atoms with Crippen LogP contribution in [0, 0.1) is 0 Å². The van der Waals surface area contributed by atoms with Crippen LogP contribution in [0.1, 0.15) is 24.1 Å². The Hall–Kier alpha value is -3.24. The topological polar surface area (TPSA) is 28.7 Å². The summed E-state index contributed by atoms with van der Waals surface area (Å²) in [7, 11) is 0. The van der Waals surface area contributed by atoms with E-state index in [0.717, 1.165) is 39.4 Å². The molecular formula is C26H29BN2S. The normalized spacial score (nSPS) is 13.2. The number of H-pyrrole nitrogens is 1. The summed E-state index contributed by atoms with van der Waals surface area (Å²) in [6.45, 7) is 21.8. The molecule has 0 radical (unpaired) electrons. The van der Waals surface area contributed by atoms with Crippen molar-refractivity contribution >= 4 is 35.8 Å². The average Bonchev–Trinajstić information content (AvgIpc) is 3.19. The van der Waals surface area contributed by atoms with Crippen LogP contribution >= 0.6 is 12.5 Å². The van der Waals surface area contributed by atoms with Gasteiger partial charge in [0.1, 0.15) is 5.82 Å². The largest absolute Gasteiger partial charge is 0.337 e. The van der Waals surface area contributed by atoms with Crippen molar-refractivity contribution in [2.75, 3.05) is 0 Å². The Labute approximate surface area is 187 Å². The Morgan fingerprint density at radius 2 is 1.63 bits per heavy atom. The molecule has 0 aliphatic rings. The first-order chi connectivity index (χ1) is 14.6. The number of nitrogens with one attached hydrogen (secondary N) is 1.